The third-order valence-corrected chi connectivity index (χ3v) is 7.70. The summed E-state index contributed by atoms with van der Waals surface area (Å²) in [6.07, 6.45) is 5.77. The molecule has 9 nitrogen and oxygen atoms in total. The third-order valence-electron chi connectivity index (χ3n) is 7.19. The number of halogens is 2. The van der Waals surface area contributed by atoms with Gasteiger partial charge < -0.3 is 19.9 Å². The molecule has 2 aliphatic heterocycles. The van der Waals surface area contributed by atoms with Crippen molar-refractivity contribution in [3.63, 3.8) is 0 Å². The Hall–Kier alpha value is -3.82. The van der Waals surface area contributed by atoms with Crippen LogP contribution in [0.2, 0.25) is 10.2 Å². The number of amides is 3. The monoisotopic (exact) mass is 581 g/mol. The summed E-state index contributed by atoms with van der Waals surface area (Å²) < 4.78 is 4.68. The van der Waals surface area contributed by atoms with Crippen molar-refractivity contribution in [2.45, 2.75) is 44.1 Å². The number of imidazole rings is 1. The summed E-state index contributed by atoms with van der Waals surface area (Å²) in [6, 6.07) is 12.3. The second kappa shape index (κ2) is 12.1. The number of carbonyl (C=O) groups excluding carboxylic acids is 3. The number of piperidine rings is 1. The van der Waals surface area contributed by atoms with E-state index in [4.69, 9.17) is 28.2 Å². The van der Waals surface area contributed by atoms with Gasteiger partial charge in [0, 0.05) is 35.7 Å². The van der Waals surface area contributed by atoms with E-state index in [0.29, 0.717) is 59.3 Å². The molecule has 11 heteroatoms. The summed E-state index contributed by atoms with van der Waals surface area (Å²) >= 11 is 12.9. The smallest absolute Gasteiger partial charge is 0.411 e. The Morgan fingerprint density at radius 2 is 2.00 bits per heavy atom. The van der Waals surface area contributed by atoms with Crippen LogP contribution in [0.25, 0.3) is 11.3 Å². The number of likely N-dealkylation sites (tertiary alicyclic amines) is 1. The van der Waals surface area contributed by atoms with Gasteiger partial charge in [0.2, 0.25) is 11.8 Å². The fourth-order valence-electron chi connectivity index (χ4n) is 5.19. The number of methoxy groups -OCH3 is 1. The number of ether oxygens (including phenoxy) is 1. The topological polar surface area (TPSA) is 116 Å². The molecular weight excluding hydrogens is 553 g/mol. The van der Waals surface area contributed by atoms with Crippen molar-refractivity contribution in [2.75, 3.05) is 24.3 Å². The molecule has 1 fully saturated rings. The predicted molar refractivity (Wildman–Crippen MR) is 155 cm³/mol. The highest BCUT2D eigenvalue weighted by Gasteiger charge is 2.34. The van der Waals surface area contributed by atoms with Crippen LogP contribution in [0.1, 0.15) is 55.5 Å². The molecule has 5 rings (SSSR count). The first kappa shape index (κ1) is 27.7. The van der Waals surface area contributed by atoms with Crippen molar-refractivity contribution in [1.82, 2.24) is 14.9 Å². The zero-order chi connectivity index (χ0) is 28.2. The van der Waals surface area contributed by atoms with Crippen LogP contribution in [-0.2, 0) is 14.3 Å². The molecule has 3 amide bonds. The summed E-state index contributed by atoms with van der Waals surface area (Å²) in [5.41, 5.74) is 2.96. The van der Waals surface area contributed by atoms with E-state index < -0.39 is 6.09 Å². The molecule has 0 aliphatic carbocycles. The Bertz CT molecular complexity index is 1470. The predicted octanol–water partition coefficient (Wildman–Crippen LogP) is 6.69. The van der Waals surface area contributed by atoms with Gasteiger partial charge in [-0.3, -0.25) is 14.9 Å². The van der Waals surface area contributed by atoms with Crippen molar-refractivity contribution in [1.29, 1.82) is 0 Å². The lowest BCUT2D eigenvalue weighted by molar-refractivity contribution is -0.136. The molecule has 0 spiro atoms. The highest BCUT2D eigenvalue weighted by Crippen LogP contribution is 2.39. The number of nitrogens with one attached hydrogen (secondary N) is 3. The van der Waals surface area contributed by atoms with Crippen LogP contribution >= 0.6 is 23.2 Å². The standard InChI is InChI=1S/C29H29Cl2N5O4/c1-40-29(39)32-20-10-11-21-22(16-20)33-24(37)9-4-2-3-8-23(28-34-26(21)27(31)35-28)36-13-12-18(15-25(36)38)17-6-5-7-19(30)14-17/h2-3,5-7,10-11,14,16,18,23H,4,8-9,12-13,15H2,1H3,(H,32,39)(H,33,37)(H,34,35)/b3-2+/t18?,23-/m0/s1. The van der Waals surface area contributed by atoms with Crippen molar-refractivity contribution in [3.8, 4) is 11.3 Å². The average molecular weight is 582 g/mol. The minimum absolute atomic E-state index is 0.0313. The lowest BCUT2D eigenvalue weighted by atomic mass is 9.88. The quantitative estimate of drug-likeness (QED) is 0.298. The van der Waals surface area contributed by atoms with E-state index in [1.165, 1.54) is 7.11 Å². The highest BCUT2D eigenvalue weighted by atomic mass is 35.5. The minimum atomic E-state index is -0.632. The van der Waals surface area contributed by atoms with E-state index >= 15 is 0 Å². The summed E-state index contributed by atoms with van der Waals surface area (Å²) in [4.78, 5) is 47.8. The van der Waals surface area contributed by atoms with Gasteiger partial charge >= 0.3 is 6.09 Å². The molecule has 1 unspecified atom stereocenters. The fourth-order valence-corrected chi connectivity index (χ4v) is 5.63. The van der Waals surface area contributed by atoms with E-state index in [-0.39, 0.29) is 35.3 Å². The molecule has 3 N–H and O–H groups in total. The van der Waals surface area contributed by atoms with Crippen molar-refractivity contribution in [3.05, 3.63) is 76.2 Å². The van der Waals surface area contributed by atoms with E-state index in [1.807, 2.05) is 41.3 Å². The van der Waals surface area contributed by atoms with Crippen molar-refractivity contribution < 1.29 is 19.1 Å². The van der Waals surface area contributed by atoms with Crippen molar-refractivity contribution >= 4 is 52.5 Å². The van der Waals surface area contributed by atoms with Crippen LogP contribution < -0.4 is 10.6 Å². The number of allylic oxidation sites excluding steroid dienone is 1. The molecule has 2 aromatic carbocycles. The number of benzene rings is 2. The molecule has 1 aromatic heterocycles. The Labute approximate surface area is 241 Å². The lowest BCUT2D eigenvalue weighted by Crippen LogP contribution is -2.41. The summed E-state index contributed by atoms with van der Waals surface area (Å²) in [5, 5.41) is 6.46. The Kier molecular flexibility index (Phi) is 8.42. The third kappa shape index (κ3) is 6.16. The first-order valence-electron chi connectivity index (χ1n) is 13.1. The highest BCUT2D eigenvalue weighted by molar-refractivity contribution is 6.32. The van der Waals surface area contributed by atoms with Crippen LogP contribution in [0, 0.1) is 0 Å². The first-order valence-corrected chi connectivity index (χ1v) is 13.8. The zero-order valence-corrected chi connectivity index (χ0v) is 23.4. The number of nitrogens with zero attached hydrogens (tertiary/aromatic N) is 2. The molecule has 0 saturated carbocycles. The first-order chi connectivity index (χ1) is 19.3. The van der Waals surface area contributed by atoms with Gasteiger partial charge in [-0.1, -0.05) is 47.5 Å². The van der Waals surface area contributed by atoms with E-state index in [1.54, 1.807) is 18.2 Å². The molecule has 2 atom stereocenters. The number of aromatic amines is 1. The summed E-state index contributed by atoms with van der Waals surface area (Å²) in [5.74, 6) is 0.499. The number of hydrogen-bond acceptors (Lipinski definition) is 5. The molecule has 3 heterocycles. The van der Waals surface area contributed by atoms with Gasteiger partial charge in [-0.2, -0.15) is 0 Å². The van der Waals surface area contributed by atoms with Crippen LogP contribution in [0.15, 0.2) is 54.6 Å². The number of rotatable bonds is 3. The molecule has 2 aliphatic rings. The maximum Gasteiger partial charge on any atom is 0.411 e. The number of carbonyl (C=O) groups is 3. The summed E-state index contributed by atoms with van der Waals surface area (Å²) in [6.45, 7) is 0.557. The number of hydrogen-bond donors (Lipinski definition) is 3. The Morgan fingerprint density at radius 3 is 2.77 bits per heavy atom. The summed E-state index contributed by atoms with van der Waals surface area (Å²) in [7, 11) is 1.27. The van der Waals surface area contributed by atoms with Gasteiger partial charge in [-0.15, -0.1) is 0 Å². The number of aromatic nitrogens is 2. The van der Waals surface area contributed by atoms with Crippen molar-refractivity contribution in [2.24, 2.45) is 0 Å². The molecule has 40 heavy (non-hydrogen) atoms. The Balaban J connectivity index is 1.47. The van der Waals surface area contributed by atoms with Crippen LogP contribution in [0.5, 0.6) is 0 Å². The van der Waals surface area contributed by atoms with Gasteiger partial charge in [0.25, 0.3) is 0 Å². The normalized spacial score (nSPS) is 20.3. The molecule has 208 valence electrons. The maximum atomic E-state index is 13.5. The SMILES string of the molecule is COC(=O)Nc1ccc2c(c1)NC(=O)CC/C=C/C[C@H](N1CCC(c3cccc(Cl)c3)CC1=O)c1nc-2c(Cl)[nH]1. The van der Waals surface area contributed by atoms with Crippen LogP contribution in [0.4, 0.5) is 16.2 Å². The number of fused-ring (bicyclic) bond motifs is 4. The second-order valence-electron chi connectivity index (χ2n) is 9.80. The zero-order valence-electron chi connectivity index (χ0n) is 21.9. The number of anilines is 2. The number of H-pyrrole nitrogens is 1. The molecule has 1 saturated heterocycles. The van der Waals surface area contributed by atoms with Gasteiger partial charge in [0.05, 0.1) is 18.8 Å². The van der Waals surface area contributed by atoms with Gasteiger partial charge in [0.15, 0.2) is 0 Å². The largest absolute Gasteiger partial charge is 0.453 e. The van der Waals surface area contributed by atoms with Crippen LogP contribution in [-0.4, -0.2) is 46.4 Å². The average Bonchev–Trinajstić information content (AvgIpc) is 3.31. The molecule has 0 radical (unpaired) electrons. The second-order valence-corrected chi connectivity index (χ2v) is 10.6. The van der Waals surface area contributed by atoms with Gasteiger partial charge in [-0.25, -0.2) is 9.78 Å². The maximum absolute atomic E-state index is 13.5. The molecule has 2 bridgehead atoms. The van der Waals surface area contributed by atoms with Gasteiger partial charge in [-0.05, 0) is 61.1 Å². The lowest BCUT2D eigenvalue weighted by Gasteiger charge is -2.36. The van der Waals surface area contributed by atoms with E-state index in [0.717, 1.165) is 12.0 Å². The fraction of sp³-hybridized carbons (Fsp3) is 0.310. The van der Waals surface area contributed by atoms with E-state index in [9.17, 15) is 14.4 Å². The van der Waals surface area contributed by atoms with Gasteiger partial charge in [0.1, 0.15) is 16.7 Å². The Morgan fingerprint density at radius 1 is 1.15 bits per heavy atom. The molecule has 3 aromatic rings. The molecular formula is C29H29Cl2N5O4. The van der Waals surface area contributed by atoms with Crippen LogP contribution in [0.3, 0.4) is 0 Å². The minimum Gasteiger partial charge on any atom is -0.453 e. The van der Waals surface area contributed by atoms with E-state index in [2.05, 4.69) is 20.4 Å².